The third-order valence-corrected chi connectivity index (χ3v) is 3.45. The lowest BCUT2D eigenvalue weighted by molar-refractivity contribution is -0.122. The second-order valence-electron chi connectivity index (χ2n) is 5.09. The molecule has 0 saturated carbocycles. The molecular formula is C14H26N4O. The van der Waals surface area contributed by atoms with Crippen LogP contribution in [0.5, 0.6) is 0 Å². The molecule has 0 aromatic carbocycles. The van der Waals surface area contributed by atoms with Gasteiger partial charge in [0.2, 0.25) is 5.91 Å². The third-order valence-electron chi connectivity index (χ3n) is 3.45. The average Bonchev–Trinajstić information content (AvgIpc) is 2.90. The number of H-pyrrole nitrogens is 1. The summed E-state index contributed by atoms with van der Waals surface area (Å²) in [5, 5.41) is 9.63. The lowest BCUT2D eigenvalue weighted by atomic mass is 9.94. The molecule has 0 aliphatic carbocycles. The SMILES string of the molecule is CCCC(CCN)CCC(=O)NC(C)c1cn[nH]c1. The normalized spacial score (nSPS) is 14.1. The van der Waals surface area contributed by atoms with Crippen molar-refractivity contribution in [2.75, 3.05) is 6.54 Å². The summed E-state index contributed by atoms with van der Waals surface area (Å²) < 4.78 is 0. The Balaban J connectivity index is 2.30. The number of aromatic nitrogens is 2. The van der Waals surface area contributed by atoms with Crippen molar-refractivity contribution in [1.82, 2.24) is 15.5 Å². The smallest absolute Gasteiger partial charge is 0.220 e. The highest BCUT2D eigenvalue weighted by molar-refractivity contribution is 5.76. The van der Waals surface area contributed by atoms with E-state index in [9.17, 15) is 4.79 Å². The maximum atomic E-state index is 11.9. The summed E-state index contributed by atoms with van der Waals surface area (Å²) in [4.78, 5) is 11.9. The van der Waals surface area contributed by atoms with Crippen LogP contribution in [0.1, 0.15) is 57.6 Å². The number of carbonyl (C=O) groups is 1. The Kier molecular flexibility index (Phi) is 7.18. The van der Waals surface area contributed by atoms with Crippen molar-refractivity contribution >= 4 is 5.91 Å². The molecule has 0 radical (unpaired) electrons. The third kappa shape index (κ3) is 5.87. The number of nitrogens with two attached hydrogens (primary N) is 1. The van der Waals surface area contributed by atoms with E-state index in [1.54, 1.807) is 12.4 Å². The Morgan fingerprint density at radius 2 is 2.26 bits per heavy atom. The Hall–Kier alpha value is -1.36. The fraction of sp³-hybridized carbons (Fsp3) is 0.714. The Morgan fingerprint density at radius 3 is 2.84 bits per heavy atom. The Labute approximate surface area is 115 Å². The number of aromatic amines is 1. The Morgan fingerprint density at radius 1 is 1.47 bits per heavy atom. The average molecular weight is 266 g/mol. The highest BCUT2D eigenvalue weighted by Gasteiger charge is 2.13. The van der Waals surface area contributed by atoms with Gasteiger partial charge in [-0.05, 0) is 32.2 Å². The molecule has 0 aliphatic rings. The van der Waals surface area contributed by atoms with Gasteiger partial charge in [0.25, 0.3) is 0 Å². The van der Waals surface area contributed by atoms with E-state index in [0.29, 0.717) is 18.9 Å². The second-order valence-corrected chi connectivity index (χ2v) is 5.09. The van der Waals surface area contributed by atoms with Crippen LogP contribution in [-0.2, 0) is 4.79 Å². The maximum Gasteiger partial charge on any atom is 0.220 e. The predicted octanol–water partition coefficient (Wildman–Crippen LogP) is 2.13. The molecule has 1 aromatic rings. The molecule has 4 N–H and O–H groups in total. The van der Waals surface area contributed by atoms with E-state index in [1.165, 1.54) is 0 Å². The van der Waals surface area contributed by atoms with Gasteiger partial charge in [-0.15, -0.1) is 0 Å². The molecule has 5 heteroatoms. The van der Waals surface area contributed by atoms with Crippen molar-refractivity contribution in [3.63, 3.8) is 0 Å². The van der Waals surface area contributed by atoms with Gasteiger partial charge in [0.15, 0.2) is 0 Å². The van der Waals surface area contributed by atoms with Crippen molar-refractivity contribution in [1.29, 1.82) is 0 Å². The van der Waals surface area contributed by atoms with E-state index >= 15 is 0 Å². The summed E-state index contributed by atoms with van der Waals surface area (Å²) in [5.41, 5.74) is 6.60. The van der Waals surface area contributed by atoms with Crippen molar-refractivity contribution < 1.29 is 4.79 Å². The quantitative estimate of drug-likeness (QED) is 0.640. The molecule has 1 heterocycles. The summed E-state index contributed by atoms with van der Waals surface area (Å²) in [6.45, 7) is 4.84. The van der Waals surface area contributed by atoms with Crippen LogP contribution in [0.4, 0.5) is 0 Å². The molecule has 5 nitrogen and oxygen atoms in total. The van der Waals surface area contributed by atoms with Crippen LogP contribution in [0.3, 0.4) is 0 Å². The molecule has 1 aromatic heterocycles. The van der Waals surface area contributed by atoms with Crippen LogP contribution < -0.4 is 11.1 Å². The lowest BCUT2D eigenvalue weighted by Gasteiger charge is -2.16. The number of nitrogens with one attached hydrogen (secondary N) is 2. The topological polar surface area (TPSA) is 83.8 Å². The van der Waals surface area contributed by atoms with Gasteiger partial charge < -0.3 is 11.1 Å². The van der Waals surface area contributed by atoms with E-state index in [2.05, 4.69) is 22.4 Å². The van der Waals surface area contributed by atoms with E-state index in [-0.39, 0.29) is 11.9 Å². The lowest BCUT2D eigenvalue weighted by Crippen LogP contribution is -2.26. The first kappa shape index (κ1) is 15.7. The number of amides is 1. The summed E-state index contributed by atoms with van der Waals surface area (Å²) in [6, 6.07) is 0.00498. The zero-order valence-electron chi connectivity index (χ0n) is 12.0. The largest absolute Gasteiger partial charge is 0.349 e. The van der Waals surface area contributed by atoms with Crippen LogP contribution in [0, 0.1) is 5.92 Å². The summed E-state index contributed by atoms with van der Waals surface area (Å²) in [7, 11) is 0. The highest BCUT2D eigenvalue weighted by Crippen LogP contribution is 2.17. The monoisotopic (exact) mass is 266 g/mol. The van der Waals surface area contributed by atoms with Gasteiger partial charge in [-0.25, -0.2) is 0 Å². The van der Waals surface area contributed by atoms with E-state index in [1.807, 2.05) is 6.92 Å². The fourth-order valence-electron chi connectivity index (χ4n) is 2.31. The molecule has 2 unspecified atom stereocenters. The maximum absolute atomic E-state index is 11.9. The number of hydrogen-bond acceptors (Lipinski definition) is 3. The van der Waals surface area contributed by atoms with Gasteiger partial charge in [-0.1, -0.05) is 19.8 Å². The number of hydrogen-bond donors (Lipinski definition) is 3. The van der Waals surface area contributed by atoms with Gasteiger partial charge in [0.05, 0.1) is 12.2 Å². The predicted molar refractivity (Wildman–Crippen MR) is 76.4 cm³/mol. The molecule has 19 heavy (non-hydrogen) atoms. The van der Waals surface area contributed by atoms with Crippen LogP contribution in [0.15, 0.2) is 12.4 Å². The van der Waals surface area contributed by atoms with Gasteiger partial charge in [0.1, 0.15) is 0 Å². The molecule has 0 aliphatic heterocycles. The minimum Gasteiger partial charge on any atom is -0.349 e. The molecular weight excluding hydrogens is 240 g/mol. The molecule has 108 valence electrons. The van der Waals surface area contributed by atoms with Crippen molar-refractivity contribution in [3.8, 4) is 0 Å². The minimum atomic E-state index is 0.00498. The summed E-state index contributed by atoms with van der Waals surface area (Å²) >= 11 is 0. The first-order valence-electron chi connectivity index (χ1n) is 7.15. The van der Waals surface area contributed by atoms with Crippen molar-refractivity contribution in [2.45, 2.75) is 52.0 Å². The molecule has 0 bridgehead atoms. The summed E-state index contributed by atoms with van der Waals surface area (Å²) in [6.07, 6.45) is 8.36. The highest BCUT2D eigenvalue weighted by atomic mass is 16.1. The van der Waals surface area contributed by atoms with Crippen molar-refractivity contribution in [2.24, 2.45) is 11.7 Å². The van der Waals surface area contributed by atoms with E-state index < -0.39 is 0 Å². The second kappa shape index (κ2) is 8.69. The zero-order valence-corrected chi connectivity index (χ0v) is 12.0. The van der Waals surface area contributed by atoms with Crippen LogP contribution in [-0.4, -0.2) is 22.6 Å². The number of carbonyl (C=O) groups excluding carboxylic acids is 1. The molecule has 0 saturated heterocycles. The molecule has 0 fully saturated rings. The first-order chi connectivity index (χ1) is 9.17. The number of nitrogens with zero attached hydrogens (tertiary/aromatic N) is 1. The van der Waals surface area contributed by atoms with E-state index in [4.69, 9.17) is 5.73 Å². The number of rotatable bonds is 9. The van der Waals surface area contributed by atoms with Gasteiger partial charge in [0, 0.05) is 18.2 Å². The van der Waals surface area contributed by atoms with Crippen LogP contribution in [0.2, 0.25) is 0 Å². The fourth-order valence-corrected chi connectivity index (χ4v) is 2.31. The van der Waals surface area contributed by atoms with Crippen LogP contribution >= 0.6 is 0 Å². The Bertz CT molecular complexity index is 344. The van der Waals surface area contributed by atoms with E-state index in [0.717, 1.165) is 31.2 Å². The molecule has 1 amide bonds. The summed E-state index contributed by atoms with van der Waals surface area (Å²) in [5.74, 6) is 0.678. The standard InChI is InChI=1S/C14H26N4O/c1-3-4-12(7-8-15)5-6-14(19)18-11(2)13-9-16-17-10-13/h9-12H,3-8,15H2,1-2H3,(H,16,17)(H,18,19). The zero-order chi connectivity index (χ0) is 14.1. The molecule has 0 spiro atoms. The first-order valence-corrected chi connectivity index (χ1v) is 7.15. The van der Waals surface area contributed by atoms with Crippen molar-refractivity contribution in [3.05, 3.63) is 18.0 Å². The molecule has 1 rings (SSSR count). The van der Waals surface area contributed by atoms with Crippen LogP contribution in [0.25, 0.3) is 0 Å². The minimum absolute atomic E-state index is 0.00498. The molecule has 2 atom stereocenters. The van der Waals surface area contributed by atoms with Gasteiger partial charge in [-0.2, -0.15) is 5.10 Å². The van der Waals surface area contributed by atoms with Gasteiger partial charge in [-0.3, -0.25) is 9.89 Å². The van der Waals surface area contributed by atoms with Gasteiger partial charge >= 0.3 is 0 Å².